The van der Waals surface area contributed by atoms with Crippen molar-refractivity contribution in [2.24, 2.45) is 5.92 Å². The Morgan fingerprint density at radius 2 is 1.96 bits per heavy atom. The first-order valence-corrected chi connectivity index (χ1v) is 9.07. The lowest BCUT2D eigenvalue weighted by atomic mass is 9.86. The summed E-state index contributed by atoms with van der Waals surface area (Å²) in [5, 5.41) is 5.00. The van der Waals surface area contributed by atoms with Gasteiger partial charge in [0.15, 0.2) is 6.61 Å². The van der Waals surface area contributed by atoms with Crippen LogP contribution in [0.2, 0.25) is 5.15 Å². The van der Waals surface area contributed by atoms with E-state index in [4.69, 9.17) is 16.3 Å². The van der Waals surface area contributed by atoms with E-state index in [0.29, 0.717) is 17.2 Å². The molecular weight excluding hydrogens is 358 g/mol. The molecule has 1 aliphatic carbocycles. The minimum Gasteiger partial charge on any atom is -0.452 e. The first kappa shape index (κ1) is 20.2. The quantitative estimate of drug-likeness (QED) is 0.617. The standard InChI is InChI=1S/C18H24ClN3O4/c1-10-6-4-5-7-13(10)21-18(25)22-14(23)9-26-17(24)15-11(2)8-12(3)20-16(15)19/h8,10,13H,4-7,9H2,1-3H3,(H2,21,22,23,25)/t10-,13+/m0/s1. The van der Waals surface area contributed by atoms with E-state index in [1.807, 2.05) is 0 Å². The van der Waals surface area contributed by atoms with Crippen LogP contribution in [0.15, 0.2) is 6.07 Å². The lowest BCUT2D eigenvalue weighted by Crippen LogP contribution is -2.48. The van der Waals surface area contributed by atoms with Gasteiger partial charge in [0, 0.05) is 11.7 Å². The highest BCUT2D eigenvalue weighted by atomic mass is 35.5. The van der Waals surface area contributed by atoms with Crippen molar-refractivity contribution in [1.29, 1.82) is 0 Å². The highest BCUT2D eigenvalue weighted by molar-refractivity contribution is 6.32. The van der Waals surface area contributed by atoms with Crippen molar-refractivity contribution in [3.8, 4) is 0 Å². The van der Waals surface area contributed by atoms with Gasteiger partial charge in [-0.05, 0) is 44.2 Å². The van der Waals surface area contributed by atoms with Crippen LogP contribution < -0.4 is 10.6 Å². The molecule has 2 N–H and O–H groups in total. The van der Waals surface area contributed by atoms with E-state index in [-0.39, 0.29) is 16.8 Å². The third-order valence-electron chi connectivity index (χ3n) is 4.52. The van der Waals surface area contributed by atoms with E-state index in [1.54, 1.807) is 19.9 Å². The highest BCUT2D eigenvalue weighted by Gasteiger charge is 2.24. The zero-order valence-corrected chi connectivity index (χ0v) is 16.0. The van der Waals surface area contributed by atoms with Crippen molar-refractivity contribution in [1.82, 2.24) is 15.6 Å². The molecule has 0 saturated heterocycles. The number of nitrogens with one attached hydrogen (secondary N) is 2. The van der Waals surface area contributed by atoms with E-state index in [1.165, 1.54) is 0 Å². The Kier molecular flexibility index (Phi) is 6.97. The first-order chi connectivity index (χ1) is 12.3. The molecule has 1 fully saturated rings. The van der Waals surface area contributed by atoms with Crippen LogP contribution in [0.25, 0.3) is 0 Å². The van der Waals surface area contributed by atoms with E-state index in [9.17, 15) is 14.4 Å². The van der Waals surface area contributed by atoms with Crippen LogP contribution >= 0.6 is 11.6 Å². The lowest BCUT2D eigenvalue weighted by Gasteiger charge is -2.29. The zero-order chi connectivity index (χ0) is 19.3. The fourth-order valence-corrected chi connectivity index (χ4v) is 3.50. The molecule has 1 heterocycles. The van der Waals surface area contributed by atoms with Crippen LogP contribution in [-0.4, -0.2) is 35.5 Å². The molecule has 26 heavy (non-hydrogen) atoms. The third-order valence-corrected chi connectivity index (χ3v) is 4.79. The van der Waals surface area contributed by atoms with Gasteiger partial charge < -0.3 is 10.1 Å². The zero-order valence-electron chi connectivity index (χ0n) is 15.2. The number of hydrogen-bond acceptors (Lipinski definition) is 5. The SMILES string of the molecule is Cc1cc(C)c(C(=O)OCC(=O)NC(=O)N[C@@H]2CCCC[C@@H]2C)c(Cl)n1. The minimum absolute atomic E-state index is 0.0249. The van der Waals surface area contributed by atoms with Crippen LogP contribution in [0.4, 0.5) is 4.79 Å². The topological polar surface area (TPSA) is 97.4 Å². The number of aromatic nitrogens is 1. The lowest BCUT2D eigenvalue weighted by molar-refractivity contribution is -0.123. The summed E-state index contributed by atoms with van der Waals surface area (Å²) in [5.41, 5.74) is 1.40. The number of rotatable bonds is 4. The number of carbonyl (C=O) groups excluding carboxylic acids is 3. The maximum absolute atomic E-state index is 12.1. The predicted octanol–water partition coefficient (Wildman–Crippen LogP) is 2.91. The first-order valence-electron chi connectivity index (χ1n) is 8.69. The Balaban J connectivity index is 1.83. The molecular formula is C18H24ClN3O4. The molecule has 0 unspecified atom stereocenters. The number of halogens is 1. The molecule has 0 spiro atoms. The number of imide groups is 1. The van der Waals surface area contributed by atoms with Gasteiger partial charge >= 0.3 is 12.0 Å². The average Bonchev–Trinajstić information content (AvgIpc) is 2.54. The number of amides is 3. The summed E-state index contributed by atoms with van der Waals surface area (Å²) in [6.07, 6.45) is 4.17. The largest absolute Gasteiger partial charge is 0.452 e. The van der Waals surface area contributed by atoms with Crippen molar-refractivity contribution in [2.45, 2.75) is 52.5 Å². The Bertz CT molecular complexity index is 685. The van der Waals surface area contributed by atoms with Gasteiger partial charge in [-0.2, -0.15) is 0 Å². The molecule has 8 heteroatoms. The molecule has 3 amide bonds. The van der Waals surface area contributed by atoms with Crippen molar-refractivity contribution < 1.29 is 19.1 Å². The number of nitrogens with zero attached hydrogens (tertiary/aromatic N) is 1. The fraction of sp³-hybridized carbons (Fsp3) is 0.556. The Hall–Kier alpha value is -2.15. The number of aryl methyl sites for hydroxylation is 2. The normalized spacial score (nSPS) is 19.5. The number of esters is 1. The molecule has 0 aromatic carbocycles. The molecule has 1 aromatic heterocycles. The Labute approximate surface area is 157 Å². The summed E-state index contributed by atoms with van der Waals surface area (Å²) in [6.45, 7) is 4.97. The van der Waals surface area contributed by atoms with Gasteiger partial charge in [-0.25, -0.2) is 14.6 Å². The van der Waals surface area contributed by atoms with Gasteiger partial charge in [0.05, 0.1) is 5.56 Å². The molecule has 2 atom stereocenters. The predicted molar refractivity (Wildman–Crippen MR) is 97.1 cm³/mol. The smallest absolute Gasteiger partial charge is 0.342 e. The van der Waals surface area contributed by atoms with Gasteiger partial charge in [0.25, 0.3) is 5.91 Å². The summed E-state index contributed by atoms with van der Waals surface area (Å²) in [6, 6.07) is 1.18. The molecule has 142 valence electrons. The van der Waals surface area contributed by atoms with E-state index >= 15 is 0 Å². The minimum atomic E-state index is -0.753. The molecule has 1 saturated carbocycles. The summed E-state index contributed by atoms with van der Waals surface area (Å²) in [5.74, 6) is -1.08. The molecule has 0 radical (unpaired) electrons. The van der Waals surface area contributed by atoms with Crippen molar-refractivity contribution in [2.75, 3.05) is 6.61 Å². The van der Waals surface area contributed by atoms with Gasteiger partial charge in [0.1, 0.15) is 5.15 Å². The van der Waals surface area contributed by atoms with E-state index < -0.39 is 24.5 Å². The fourth-order valence-electron chi connectivity index (χ4n) is 3.14. The monoisotopic (exact) mass is 381 g/mol. The van der Waals surface area contributed by atoms with Crippen LogP contribution in [-0.2, 0) is 9.53 Å². The Morgan fingerprint density at radius 1 is 1.27 bits per heavy atom. The third kappa shape index (κ3) is 5.42. The van der Waals surface area contributed by atoms with Gasteiger partial charge in [-0.15, -0.1) is 0 Å². The van der Waals surface area contributed by atoms with E-state index in [0.717, 1.165) is 25.7 Å². The Morgan fingerprint density at radius 3 is 2.62 bits per heavy atom. The summed E-state index contributed by atoms with van der Waals surface area (Å²) in [4.78, 5) is 39.9. The van der Waals surface area contributed by atoms with Crippen molar-refractivity contribution in [3.63, 3.8) is 0 Å². The number of ether oxygens (including phenoxy) is 1. The molecule has 1 aromatic rings. The van der Waals surface area contributed by atoms with Crippen LogP contribution in [0.3, 0.4) is 0 Å². The van der Waals surface area contributed by atoms with Crippen LogP contribution in [0.1, 0.15) is 54.2 Å². The molecule has 0 bridgehead atoms. The second-order valence-electron chi connectivity index (χ2n) is 6.71. The highest BCUT2D eigenvalue weighted by Crippen LogP contribution is 2.23. The van der Waals surface area contributed by atoms with Gasteiger partial charge in [0.2, 0.25) is 0 Å². The second-order valence-corrected chi connectivity index (χ2v) is 7.07. The number of urea groups is 1. The van der Waals surface area contributed by atoms with Crippen molar-refractivity contribution >= 4 is 29.5 Å². The molecule has 0 aliphatic heterocycles. The van der Waals surface area contributed by atoms with Gasteiger partial charge in [-0.1, -0.05) is 31.4 Å². The molecule has 7 nitrogen and oxygen atoms in total. The van der Waals surface area contributed by atoms with Crippen LogP contribution in [0, 0.1) is 19.8 Å². The van der Waals surface area contributed by atoms with Gasteiger partial charge in [-0.3, -0.25) is 10.1 Å². The maximum atomic E-state index is 12.1. The summed E-state index contributed by atoms with van der Waals surface area (Å²) < 4.78 is 4.95. The number of hydrogen-bond donors (Lipinski definition) is 2. The van der Waals surface area contributed by atoms with Crippen molar-refractivity contribution in [3.05, 3.63) is 28.0 Å². The number of carbonyl (C=O) groups is 3. The second kappa shape index (κ2) is 8.98. The van der Waals surface area contributed by atoms with Crippen LogP contribution in [0.5, 0.6) is 0 Å². The maximum Gasteiger partial charge on any atom is 0.342 e. The van der Waals surface area contributed by atoms with E-state index in [2.05, 4.69) is 22.5 Å². The molecule has 1 aliphatic rings. The number of pyridine rings is 1. The molecule has 2 rings (SSSR count). The average molecular weight is 382 g/mol. The summed E-state index contributed by atoms with van der Waals surface area (Å²) >= 11 is 5.97. The summed E-state index contributed by atoms with van der Waals surface area (Å²) in [7, 11) is 0.